The lowest BCUT2D eigenvalue weighted by atomic mass is 10.0. The first-order chi connectivity index (χ1) is 12.9. The van der Waals surface area contributed by atoms with E-state index < -0.39 is 0 Å². The van der Waals surface area contributed by atoms with E-state index >= 15 is 0 Å². The van der Waals surface area contributed by atoms with Crippen LogP contribution in [0.4, 0.5) is 5.69 Å². The second kappa shape index (κ2) is 8.35. The fourth-order valence-corrected chi connectivity index (χ4v) is 3.10. The molecule has 0 aliphatic carbocycles. The van der Waals surface area contributed by atoms with Gasteiger partial charge in [0.05, 0.1) is 12.7 Å². The Bertz CT molecular complexity index is 797. The molecular weight excluding hydrogens is 340 g/mol. The fourth-order valence-electron chi connectivity index (χ4n) is 3.10. The van der Waals surface area contributed by atoms with Crippen molar-refractivity contribution in [2.24, 2.45) is 0 Å². The van der Waals surface area contributed by atoms with Gasteiger partial charge in [-0.15, -0.1) is 0 Å². The van der Waals surface area contributed by atoms with Gasteiger partial charge in [0.15, 0.2) is 0 Å². The predicted octanol–water partition coefficient (Wildman–Crippen LogP) is 3.92. The number of amides is 2. The summed E-state index contributed by atoms with van der Waals surface area (Å²) >= 11 is 0. The third kappa shape index (κ3) is 4.74. The SMILES string of the molecule is CC1CN(C(=O)c2ccc(NC(=O)c3ccc(C(C)C)cc3)cc2)CCO1. The van der Waals surface area contributed by atoms with Crippen molar-refractivity contribution in [3.05, 3.63) is 65.2 Å². The van der Waals surface area contributed by atoms with Crippen LogP contribution < -0.4 is 5.32 Å². The van der Waals surface area contributed by atoms with Crippen molar-refractivity contribution in [1.82, 2.24) is 4.90 Å². The number of ether oxygens (including phenoxy) is 1. The average molecular weight is 366 g/mol. The van der Waals surface area contributed by atoms with E-state index in [2.05, 4.69) is 19.2 Å². The van der Waals surface area contributed by atoms with Crippen LogP contribution >= 0.6 is 0 Å². The molecule has 1 N–H and O–H groups in total. The second-order valence-electron chi connectivity index (χ2n) is 7.24. The highest BCUT2D eigenvalue weighted by atomic mass is 16.5. The molecule has 1 saturated heterocycles. The number of rotatable bonds is 4. The maximum atomic E-state index is 12.6. The first-order valence-electron chi connectivity index (χ1n) is 9.36. The summed E-state index contributed by atoms with van der Waals surface area (Å²) in [5, 5.41) is 2.88. The maximum absolute atomic E-state index is 12.6. The minimum absolute atomic E-state index is 0.00713. The van der Waals surface area contributed by atoms with Crippen molar-refractivity contribution in [3.63, 3.8) is 0 Å². The Morgan fingerprint density at radius 2 is 1.67 bits per heavy atom. The van der Waals surface area contributed by atoms with Crippen LogP contribution in [0.1, 0.15) is 53.0 Å². The summed E-state index contributed by atoms with van der Waals surface area (Å²) in [6.45, 7) is 7.98. The van der Waals surface area contributed by atoms with E-state index in [-0.39, 0.29) is 17.9 Å². The molecule has 5 nitrogen and oxygen atoms in total. The van der Waals surface area contributed by atoms with Crippen LogP contribution in [0, 0.1) is 0 Å². The standard InChI is InChI=1S/C22H26N2O3/c1-15(2)17-4-6-18(7-5-17)21(25)23-20-10-8-19(9-11-20)22(26)24-12-13-27-16(3)14-24/h4-11,15-16H,12-14H2,1-3H3,(H,23,25). The first kappa shape index (κ1) is 19.1. The van der Waals surface area contributed by atoms with E-state index in [9.17, 15) is 9.59 Å². The lowest BCUT2D eigenvalue weighted by Gasteiger charge is -2.31. The third-order valence-corrected chi connectivity index (χ3v) is 4.76. The van der Waals surface area contributed by atoms with Gasteiger partial charge in [-0.05, 0) is 54.8 Å². The number of benzene rings is 2. The zero-order valence-electron chi connectivity index (χ0n) is 16.1. The highest BCUT2D eigenvalue weighted by Gasteiger charge is 2.22. The van der Waals surface area contributed by atoms with E-state index in [1.54, 1.807) is 29.2 Å². The van der Waals surface area contributed by atoms with Crippen LogP contribution in [-0.4, -0.2) is 42.5 Å². The van der Waals surface area contributed by atoms with Gasteiger partial charge < -0.3 is 15.0 Å². The van der Waals surface area contributed by atoms with Crippen LogP contribution in [0.25, 0.3) is 0 Å². The molecule has 0 saturated carbocycles. The molecule has 1 heterocycles. The maximum Gasteiger partial charge on any atom is 0.255 e. The van der Waals surface area contributed by atoms with Gasteiger partial charge in [0.1, 0.15) is 0 Å². The molecule has 1 unspecified atom stereocenters. The van der Waals surface area contributed by atoms with Crippen LogP contribution in [0.15, 0.2) is 48.5 Å². The van der Waals surface area contributed by atoms with Crippen molar-refractivity contribution < 1.29 is 14.3 Å². The lowest BCUT2D eigenvalue weighted by molar-refractivity contribution is -0.0124. The largest absolute Gasteiger partial charge is 0.375 e. The summed E-state index contributed by atoms with van der Waals surface area (Å²) in [5.41, 5.74) is 3.09. The first-order valence-corrected chi connectivity index (χ1v) is 9.36. The van der Waals surface area contributed by atoms with Gasteiger partial charge in [0.25, 0.3) is 11.8 Å². The smallest absolute Gasteiger partial charge is 0.255 e. The van der Waals surface area contributed by atoms with E-state index in [0.717, 1.165) is 0 Å². The molecular formula is C22H26N2O3. The minimum atomic E-state index is -0.161. The van der Waals surface area contributed by atoms with Gasteiger partial charge in [-0.25, -0.2) is 0 Å². The highest BCUT2D eigenvalue weighted by Crippen LogP contribution is 2.17. The molecule has 0 aromatic heterocycles. The fraction of sp³-hybridized carbons (Fsp3) is 0.364. The van der Waals surface area contributed by atoms with Crippen LogP contribution in [0.5, 0.6) is 0 Å². The highest BCUT2D eigenvalue weighted by molar-refractivity contribution is 6.04. The molecule has 0 spiro atoms. The number of anilines is 1. The van der Waals surface area contributed by atoms with Gasteiger partial charge in [-0.1, -0.05) is 26.0 Å². The monoisotopic (exact) mass is 366 g/mol. The number of hydrogen-bond donors (Lipinski definition) is 1. The van der Waals surface area contributed by atoms with Crippen molar-refractivity contribution in [3.8, 4) is 0 Å². The van der Waals surface area contributed by atoms with Gasteiger partial charge in [0.2, 0.25) is 0 Å². The van der Waals surface area contributed by atoms with E-state index in [1.807, 2.05) is 31.2 Å². The van der Waals surface area contributed by atoms with Crippen LogP contribution in [-0.2, 0) is 4.74 Å². The Labute approximate surface area is 160 Å². The third-order valence-electron chi connectivity index (χ3n) is 4.76. The second-order valence-corrected chi connectivity index (χ2v) is 7.24. The molecule has 1 atom stereocenters. The molecule has 1 aliphatic rings. The van der Waals surface area contributed by atoms with E-state index in [0.29, 0.717) is 42.4 Å². The van der Waals surface area contributed by atoms with Gasteiger partial charge in [0, 0.05) is 29.9 Å². The summed E-state index contributed by atoms with van der Waals surface area (Å²) in [4.78, 5) is 26.8. The quantitative estimate of drug-likeness (QED) is 0.892. The zero-order valence-corrected chi connectivity index (χ0v) is 16.1. The normalized spacial score (nSPS) is 17.0. The number of carbonyl (C=O) groups is 2. The number of nitrogens with one attached hydrogen (secondary N) is 1. The van der Waals surface area contributed by atoms with Crippen molar-refractivity contribution in [2.45, 2.75) is 32.8 Å². The summed E-state index contributed by atoms with van der Waals surface area (Å²) in [5.74, 6) is 0.264. The van der Waals surface area contributed by atoms with Gasteiger partial charge in [-0.3, -0.25) is 9.59 Å². The summed E-state index contributed by atoms with van der Waals surface area (Å²) in [7, 11) is 0. The van der Waals surface area contributed by atoms with Crippen LogP contribution in [0.3, 0.4) is 0 Å². The number of nitrogens with zero attached hydrogens (tertiary/aromatic N) is 1. The molecule has 1 aliphatic heterocycles. The zero-order chi connectivity index (χ0) is 19.4. The number of hydrogen-bond acceptors (Lipinski definition) is 3. The van der Waals surface area contributed by atoms with Crippen molar-refractivity contribution in [1.29, 1.82) is 0 Å². The minimum Gasteiger partial charge on any atom is -0.375 e. The molecule has 27 heavy (non-hydrogen) atoms. The molecule has 2 aromatic carbocycles. The van der Waals surface area contributed by atoms with E-state index in [4.69, 9.17) is 4.74 Å². The molecule has 0 radical (unpaired) electrons. The summed E-state index contributed by atoms with van der Waals surface area (Å²) in [6.07, 6.45) is 0.0587. The lowest BCUT2D eigenvalue weighted by Crippen LogP contribution is -2.44. The van der Waals surface area contributed by atoms with Crippen molar-refractivity contribution in [2.75, 3.05) is 25.0 Å². The molecule has 142 valence electrons. The molecule has 2 amide bonds. The molecule has 3 rings (SSSR count). The Hall–Kier alpha value is -2.66. The molecule has 1 fully saturated rings. The van der Waals surface area contributed by atoms with Gasteiger partial charge in [-0.2, -0.15) is 0 Å². The Kier molecular flexibility index (Phi) is 5.91. The van der Waals surface area contributed by atoms with Crippen LogP contribution in [0.2, 0.25) is 0 Å². The topological polar surface area (TPSA) is 58.6 Å². The Balaban J connectivity index is 1.63. The Morgan fingerprint density at radius 3 is 2.26 bits per heavy atom. The Morgan fingerprint density at radius 1 is 1.04 bits per heavy atom. The average Bonchev–Trinajstić information content (AvgIpc) is 2.68. The van der Waals surface area contributed by atoms with E-state index in [1.165, 1.54) is 5.56 Å². The summed E-state index contributed by atoms with van der Waals surface area (Å²) < 4.78 is 5.48. The summed E-state index contributed by atoms with van der Waals surface area (Å²) in [6, 6.07) is 14.6. The van der Waals surface area contributed by atoms with Crippen molar-refractivity contribution >= 4 is 17.5 Å². The molecule has 2 aromatic rings. The number of morpholine rings is 1. The molecule has 5 heteroatoms. The van der Waals surface area contributed by atoms with Gasteiger partial charge >= 0.3 is 0 Å². The molecule has 0 bridgehead atoms. The number of carbonyl (C=O) groups excluding carboxylic acids is 2. The predicted molar refractivity (Wildman–Crippen MR) is 106 cm³/mol.